The van der Waals surface area contributed by atoms with Gasteiger partial charge in [-0.3, -0.25) is 9.59 Å². The molecule has 1 aliphatic rings. The summed E-state index contributed by atoms with van der Waals surface area (Å²) in [4.78, 5) is 28.8. The van der Waals surface area contributed by atoms with Crippen molar-refractivity contribution >= 4 is 22.5 Å². The van der Waals surface area contributed by atoms with E-state index >= 15 is 0 Å². The molecule has 0 saturated carbocycles. The molecular formula is C30H29FN4O7S. The van der Waals surface area contributed by atoms with Gasteiger partial charge in [0, 0.05) is 18.5 Å². The summed E-state index contributed by atoms with van der Waals surface area (Å²) in [6, 6.07) is 21.9. The third kappa shape index (κ3) is 7.77. The Morgan fingerprint density at radius 3 is 2.37 bits per heavy atom. The average molecular weight is 609 g/mol. The minimum Gasteiger partial charge on any atom is -0.483 e. The number of sulfonamides is 1. The molecule has 224 valence electrons. The lowest BCUT2D eigenvalue weighted by atomic mass is 9.87. The lowest BCUT2D eigenvalue weighted by molar-refractivity contribution is -0.146. The summed E-state index contributed by atoms with van der Waals surface area (Å²) in [5.74, 6) is -0.441. The summed E-state index contributed by atoms with van der Waals surface area (Å²) in [5, 5.41) is 6.89. The predicted octanol–water partition coefficient (Wildman–Crippen LogP) is 2.91. The number of ether oxygens (including phenoxy) is 2. The highest BCUT2D eigenvalue weighted by Crippen LogP contribution is 2.40. The minimum atomic E-state index is -3.90. The van der Waals surface area contributed by atoms with E-state index in [0.29, 0.717) is 17.1 Å². The molecule has 0 amide bonds. The number of carbonyl (C=O) groups is 2. The Labute approximate surface area is 247 Å². The van der Waals surface area contributed by atoms with Gasteiger partial charge in [-0.25, -0.2) is 22.8 Å². The van der Waals surface area contributed by atoms with Crippen molar-refractivity contribution in [2.24, 2.45) is 5.73 Å². The number of rotatable bonds is 10. The van der Waals surface area contributed by atoms with Gasteiger partial charge in [0.1, 0.15) is 17.6 Å². The van der Waals surface area contributed by atoms with Crippen LogP contribution in [0.2, 0.25) is 0 Å². The number of hydrogen-bond donors (Lipinski definition) is 2. The summed E-state index contributed by atoms with van der Waals surface area (Å²) >= 11 is 0. The van der Waals surface area contributed by atoms with Gasteiger partial charge in [0.15, 0.2) is 18.0 Å². The Morgan fingerprint density at radius 2 is 1.70 bits per heavy atom. The second-order valence-electron chi connectivity index (χ2n) is 9.53. The minimum absolute atomic E-state index is 0.0352. The van der Waals surface area contributed by atoms with E-state index in [0.717, 1.165) is 5.56 Å². The molecule has 0 radical (unpaired) electrons. The predicted molar refractivity (Wildman–Crippen MR) is 153 cm³/mol. The number of aromatic nitrogens is 2. The van der Waals surface area contributed by atoms with Crippen LogP contribution in [0, 0.1) is 5.82 Å². The van der Waals surface area contributed by atoms with Crippen molar-refractivity contribution in [3.8, 4) is 5.75 Å². The number of carboxylic acid groups (broad SMARTS) is 1. The highest BCUT2D eigenvalue weighted by atomic mass is 32.2. The lowest BCUT2D eigenvalue weighted by Crippen LogP contribution is -2.64. The van der Waals surface area contributed by atoms with E-state index in [1.807, 2.05) is 30.3 Å². The summed E-state index contributed by atoms with van der Waals surface area (Å²) < 4.78 is 53.6. The number of nitrogens with two attached hydrogens (primary N) is 1. The van der Waals surface area contributed by atoms with E-state index in [-0.39, 0.29) is 37.5 Å². The fourth-order valence-corrected chi connectivity index (χ4v) is 6.07. The van der Waals surface area contributed by atoms with Gasteiger partial charge in [0.2, 0.25) is 10.0 Å². The van der Waals surface area contributed by atoms with Crippen molar-refractivity contribution in [2.45, 2.75) is 29.6 Å². The standard InChI is InChI=1S/C29H27FN4O5S.CH2O2/c30-23-10-5-11-24(17-23)39-29(22-8-2-1-3-9-22)19-34(20-29)40(36,37)25-12-4-7-21(15-25)16-26(31)28(35)38-18-27-32-13-6-14-33-27;2-1-3/h1-15,17,26H,16,18-20,31H2;1H,(H,2,3)/t26-;/m0./s1. The number of hydrogen-bond acceptors (Lipinski definition) is 9. The number of esters is 1. The Balaban J connectivity index is 0.00000135. The van der Waals surface area contributed by atoms with Crippen LogP contribution < -0.4 is 10.5 Å². The first-order chi connectivity index (χ1) is 20.7. The third-order valence-corrected chi connectivity index (χ3v) is 8.32. The Hall–Kier alpha value is -4.72. The fraction of sp³-hybridized carbons (Fsp3) is 0.200. The van der Waals surface area contributed by atoms with Gasteiger partial charge in [-0.05, 0) is 47.9 Å². The summed E-state index contributed by atoms with van der Waals surface area (Å²) in [5.41, 5.74) is 6.40. The quantitative estimate of drug-likeness (QED) is 0.202. The second kappa shape index (κ2) is 14.0. The van der Waals surface area contributed by atoms with Crippen LogP contribution in [-0.4, -0.2) is 59.4 Å². The van der Waals surface area contributed by atoms with Crippen LogP contribution in [0.5, 0.6) is 5.75 Å². The molecular weight excluding hydrogens is 579 g/mol. The van der Waals surface area contributed by atoms with E-state index in [9.17, 15) is 17.6 Å². The maximum atomic E-state index is 13.8. The van der Waals surface area contributed by atoms with Crippen LogP contribution in [-0.2, 0) is 43.0 Å². The third-order valence-electron chi connectivity index (χ3n) is 6.53. The highest BCUT2D eigenvalue weighted by molar-refractivity contribution is 7.89. The topological polar surface area (TPSA) is 162 Å². The van der Waals surface area contributed by atoms with Crippen LogP contribution in [0.1, 0.15) is 17.0 Å². The molecule has 1 atom stereocenters. The molecule has 1 fully saturated rings. The summed E-state index contributed by atoms with van der Waals surface area (Å²) in [6.45, 7) is -0.293. The summed E-state index contributed by atoms with van der Waals surface area (Å²) in [6.07, 6.45) is 3.16. The number of halogens is 1. The highest BCUT2D eigenvalue weighted by Gasteiger charge is 2.52. The van der Waals surface area contributed by atoms with E-state index in [4.69, 9.17) is 25.1 Å². The Morgan fingerprint density at radius 1 is 1.02 bits per heavy atom. The molecule has 0 bridgehead atoms. The normalized spacial score (nSPS) is 14.7. The lowest BCUT2D eigenvalue weighted by Gasteiger charge is -2.48. The first-order valence-corrected chi connectivity index (χ1v) is 14.5. The monoisotopic (exact) mass is 608 g/mol. The van der Waals surface area contributed by atoms with Crippen LogP contribution in [0.15, 0.2) is 102 Å². The van der Waals surface area contributed by atoms with Crippen LogP contribution in [0.3, 0.4) is 0 Å². The molecule has 5 rings (SSSR count). The Bertz CT molecular complexity index is 1640. The molecule has 1 aromatic heterocycles. The van der Waals surface area contributed by atoms with Gasteiger partial charge in [0.25, 0.3) is 6.47 Å². The maximum absolute atomic E-state index is 13.8. The molecule has 13 heteroatoms. The zero-order chi connectivity index (χ0) is 30.9. The smallest absolute Gasteiger partial charge is 0.323 e. The van der Waals surface area contributed by atoms with Gasteiger partial charge in [-0.2, -0.15) is 4.31 Å². The van der Waals surface area contributed by atoms with Crippen molar-refractivity contribution < 1.29 is 37.0 Å². The van der Waals surface area contributed by atoms with E-state index in [1.165, 1.54) is 47.0 Å². The zero-order valence-electron chi connectivity index (χ0n) is 22.8. The van der Waals surface area contributed by atoms with E-state index in [2.05, 4.69) is 9.97 Å². The molecule has 3 N–H and O–H groups in total. The molecule has 0 unspecified atom stereocenters. The van der Waals surface area contributed by atoms with Crippen LogP contribution in [0.25, 0.3) is 0 Å². The molecule has 11 nitrogen and oxygen atoms in total. The second-order valence-corrected chi connectivity index (χ2v) is 11.5. The molecule has 0 aliphatic carbocycles. The SMILES string of the molecule is N[C@@H](Cc1cccc(S(=O)(=O)N2CC(Oc3cccc(F)c3)(c3ccccc3)C2)c1)C(=O)OCc1ncccn1.O=CO. The van der Waals surface area contributed by atoms with Crippen molar-refractivity contribution in [2.75, 3.05) is 13.1 Å². The molecule has 4 aromatic rings. The molecule has 3 aromatic carbocycles. The first-order valence-electron chi connectivity index (χ1n) is 13.0. The number of benzene rings is 3. The Kier molecular flexibility index (Phi) is 10.1. The van der Waals surface area contributed by atoms with Crippen molar-refractivity contribution in [1.29, 1.82) is 0 Å². The number of nitrogens with zero attached hydrogens (tertiary/aromatic N) is 3. The average Bonchev–Trinajstić information content (AvgIpc) is 2.99. The van der Waals surface area contributed by atoms with Crippen LogP contribution in [0.4, 0.5) is 4.39 Å². The molecule has 0 spiro atoms. The molecule has 2 heterocycles. The van der Waals surface area contributed by atoms with Gasteiger partial charge < -0.3 is 20.3 Å². The van der Waals surface area contributed by atoms with Crippen molar-refractivity contribution in [1.82, 2.24) is 14.3 Å². The summed E-state index contributed by atoms with van der Waals surface area (Å²) in [7, 11) is -3.90. The van der Waals surface area contributed by atoms with Gasteiger partial charge in [0.05, 0.1) is 18.0 Å². The van der Waals surface area contributed by atoms with Gasteiger partial charge in [-0.15, -0.1) is 0 Å². The van der Waals surface area contributed by atoms with Crippen molar-refractivity contribution in [3.05, 3.63) is 120 Å². The van der Waals surface area contributed by atoms with Gasteiger partial charge in [-0.1, -0.05) is 48.5 Å². The zero-order valence-corrected chi connectivity index (χ0v) is 23.6. The van der Waals surface area contributed by atoms with Crippen LogP contribution >= 0.6 is 0 Å². The molecule has 43 heavy (non-hydrogen) atoms. The molecule has 1 aliphatic heterocycles. The largest absolute Gasteiger partial charge is 0.483 e. The van der Waals surface area contributed by atoms with E-state index < -0.39 is 33.5 Å². The fourth-order valence-electron chi connectivity index (χ4n) is 4.46. The maximum Gasteiger partial charge on any atom is 0.323 e. The van der Waals surface area contributed by atoms with E-state index in [1.54, 1.807) is 24.3 Å². The van der Waals surface area contributed by atoms with Gasteiger partial charge >= 0.3 is 5.97 Å². The van der Waals surface area contributed by atoms with Crippen molar-refractivity contribution in [3.63, 3.8) is 0 Å². The molecule has 1 saturated heterocycles. The first kappa shape index (κ1) is 31.2. The number of carbonyl (C=O) groups excluding carboxylic acids is 1.